The Balaban J connectivity index is 2.79. The van der Waals surface area contributed by atoms with Gasteiger partial charge >= 0.3 is 0 Å². The molecule has 0 spiro atoms. The van der Waals surface area contributed by atoms with Crippen molar-refractivity contribution >= 4 is 17.3 Å². The van der Waals surface area contributed by atoms with Crippen molar-refractivity contribution in [2.24, 2.45) is 5.41 Å². The highest BCUT2D eigenvalue weighted by Crippen LogP contribution is 2.23. The number of nitrogens with two attached hydrogens (primary N) is 1. The molecule has 1 rings (SSSR count). The minimum absolute atomic E-state index is 0.0758. The van der Waals surface area contributed by atoms with Crippen LogP contribution in [0, 0.1) is 5.41 Å². The van der Waals surface area contributed by atoms with Gasteiger partial charge < -0.3 is 21.3 Å². The molecule has 1 amide bonds. The number of benzene rings is 1. The molecule has 0 aromatic heterocycles. The molecule has 0 atom stereocenters. The third-order valence-electron chi connectivity index (χ3n) is 3.15. The van der Waals surface area contributed by atoms with Crippen LogP contribution in [0.25, 0.3) is 0 Å². The van der Waals surface area contributed by atoms with Crippen molar-refractivity contribution in [1.29, 1.82) is 0 Å². The predicted molar refractivity (Wildman–Crippen MR) is 89.7 cm³/mol. The quantitative estimate of drug-likeness (QED) is 0.672. The van der Waals surface area contributed by atoms with E-state index in [2.05, 4.69) is 43.5 Å². The molecule has 4 N–H and O–H groups in total. The molecule has 1 aromatic rings. The van der Waals surface area contributed by atoms with Crippen molar-refractivity contribution in [2.75, 3.05) is 44.8 Å². The second-order valence-corrected chi connectivity index (χ2v) is 6.42. The number of amides is 1. The first-order valence-electron chi connectivity index (χ1n) is 7.31. The van der Waals surface area contributed by atoms with Crippen molar-refractivity contribution < 1.29 is 4.79 Å². The lowest BCUT2D eigenvalue weighted by Crippen LogP contribution is -2.34. The van der Waals surface area contributed by atoms with Gasteiger partial charge in [-0.2, -0.15) is 0 Å². The van der Waals surface area contributed by atoms with Gasteiger partial charge in [-0.25, -0.2) is 0 Å². The molecule has 0 aliphatic rings. The van der Waals surface area contributed by atoms with Gasteiger partial charge in [-0.1, -0.05) is 13.8 Å². The minimum Gasteiger partial charge on any atom is -0.397 e. The Morgan fingerprint density at radius 1 is 1.33 bits per heavy atom. The molecule has 0 unspecified atom stereocenters. The SMILES string of the molecule is CCNC(=O)c1ccc(N)c(NCC(C)(C)CN(C)C)c1. The summed E-state index contributed by atoms with van der Waals surface area (Å²) in [6.45, 7) is 8.66. The van der Waals surface area contributed by atoms with Gasteiger partial charge in [0.25, 0.3) is 5.91 Å². The molecule has 0 aliphatic heterocycles. The van der Waals surface area contributed by atoms with Crippen LogP contribution in [0.3, 0.4) is 0 Å². The molecule has 1 aromatic carbocycles. The van der Waals surface area contributed by atoms with Gasteiger partial charge in [0.05, 0.1) is 11.4 Å². The van der Waals surface area contributed by atoms with Gasteiger partial charge in [0, 0.05) is 25.2 Å². The van der Waals surface area contributed by atoms with E-state index in [1.807, 2.05) is 13.0 Å². The summed E-state index contributed by atoms with van der Waals surface area (Å²) in [7, 11) is 4.12. The molecule has 0 saturated carbocycles. The van der Waals surface area contributed by atoms with Crippen LogP contribution in [-0.2, 0) is 0 Å². The van der Waals surface area contributed by atoms with Crippen molar-refractivity contribution in [3.63, 3.8) is 0 Å². The Morgan fingerprint density at radius 3 is 2.57 bits per heavy atom. The third kappa shape index (κ3) is 5.63. The second-order valence-electron chi connectivity index (χ2n) is 6.42. The number of carbonyl (C=O) groups is 1. The lowest BCUT2D eigenvalue weighted by molar-refractivity contribution is 0.0956. The lowest BCUT2D eigenvalue weighted by Gasteiger charge is -2.29. The Bertz CT molecular complexity index is 483. The first kappa shape index (κ1) is 17.3. The Hall–Kier alpha value is -1.75. The Labute approximate surface area is 127 Å². The molecule has 0 saturated heterocycles. The van der Waals surface area contributed by atoms with Crippen molar-refractivity contribution in [3.8, 4) is 0 Å². The number of carbonyl (C=O) groups excluding carboxylic acids is 1. The van der Waals surface area contributed by atoms with Gasteiger partial charge in [-0.05, 0) is 44.6 Å². The van der Waals surface area contributed by atoms with Crippen LogP contribution in [0.15, 0.2) is 18.2 Å². The Morgan fingerprint density at radius 2 is 2.00 bits per heavy atom. The van der Waals surface area contributed by atoms with E-state index in [1.165, 1.54) is 0 Å². The van der Waals surface area contributed by atoms with Crippen molar-refractivity contribution in [2.45, 2.75) is 20.8 Å². The summed E-state index contributed by atoms with van der Waals surface area (Å²) in [5.74, 6) is -0.0758. The van der Waals surface area contributed by atoms with Crippen LogP contribution in [0.5, 0.6) is 0 Å². The highest BCUT2D eigenvalue weighted by atomic mass is 16.1. The van der Waals surface area contributed by atoms with E-state index in [1.54, 1.807) is 12.1 Å². The number of anilines is 2. The van der Waals surface area contributed by atoms with E-state index in [4.69, 9.17) is 5.73 Å². The number of nitrogens with one attached hydrogen (secondary N) is 2. The minimum atomic E-state index is -0.0758. The highest BCUT2D eigenvalue weighted by Gasteiger charge is 2.19. The largest absolute Gasteiger partial charge is 0.397 e. The average molecular weight is 292 g/mol. The molecule has 0 heterocycles. The van der Waals surface area contributed by atoms with E-state index >= 15 is 0 Å². The van der Waals surface area contributed by atoms with Crippen LogP contribution in [0.4, 0.5) is 11.4 Å². The number of nitrogen functional groups attached to an aromatic ring is 1. The molecule has 5 nitrogen and oxygen atoms in total. The first-order valence-corrected chi connectivity index (χ1v) is 7.31. The highest BCUT2D eigenvalue weighted by molar-refractivity contribution is 5.96. The van der Waals surface area contributed by atoms with E-state index in [-0.39, 0.29) is 11.3 Å². The number of hydrogen-bond acceptors (Lipinski definition) is 4. The predicted octanol–water partition coefficient (Wildman–Crippen LogP) is 2.02. The second kappa shape index (κ2) is 7.31. The van der Waals surface area contributed by atoms with Crippen molar-refractivity contribution in [1.82, 2.24) is 10.2 Å². The molecular weight excluding hydrogens is 264 g/mol. The normalized spacial score (nSPS) is 11.5. The maximum absolute atomic E-state index is 11.9. The number of hydrogen-bond donors (Lipinski definition) is 3. The summed E-state index contributed by atoms with van der Waals surface area (Å²) >= 11 is 0. The summed E-state index contributed by atoms with van der Waals surface area (Å²) in [5, 5.41) is 6.16. The summed E-state index contributed by atoms with van der Waals surface area (Å²) in [5.41, 5.74) is 8.19. The summed E-state index contributed by atoms with van der Waals surface area (Å²) in [6.07, 6.45) is 0. The third-order valence-corrected chi connectivity index (χ3v) is 3.15. The zero-order chi connectivity index (χ0) is 16.0. The van der Waals surface area contributed by atoms with E-state index in [0.717, 1.165) is 18.8 Å². The number of nitrogens with zero attached hydrogens (tertiary/aromatic N) is 1. The molecule has 0 aliphatic carbocycles. The smallest absolute Gasteiger partial charge is 0.251 e. The van der Waals surface area contributed by atoms with Crippen LogP contribution in [0.2, 0.25) is 0 Å². The molecule has 0 fully saturated rings. The fourth-order valence-corrected chi connectivity index (χ4v) is 2.36. The maximum Gasteiger partial charge on any atom is 0.251 e. The standard InChI is InChI=1S/C16H28N4O/c1-6-18-15(21)12-7-8-13(17)14(9-12)19-10-16(2,3)11-20(4)5/h7-9,19H,6,10-11,17H2,1-5H3,(H,18,21). The van der Waals surface area contributed by atoms with E-state index < -0.39 is 0 Å². The summed E-state index contributed by atoms with van der Waals surface area (Å²) < 4.78 is 0. The van der Waals surface area contributed by atoms with Crippen LogP contribution in [0.1, 0.15) is 31.1 Å². The monoisotopic (exact) mass is 292 g/mol. The molecular formula is C16H28N4O. The lowest BCUT2D eigenvalue weighted by atomic mass is 9.92. The van der Waals surface area contributed by atoms with Gasteiger partial charge in [0.2, 0.25) is 0 Å². The maximum atomic E-state index is 11.9. The average Bonchev–Trinajstić information content (AvgIpc) is 2.36. The fourth-order valence-electron chi connectivity index (χ4n) is 2.36. The number of rotatable bonds is 7. The van der Waals surface area contributed by atoms with Crippen LogP contribution >= 0.6 is 0 Å². The molecule has 21 heavy (non-hydrogen) atoms. The van der Waals surface area contributed by atoms with Crippen LogP contribution in [-0.4, -0.2) is 44.5 Å². The Kier molecular flexibility index (Phi) is 6.03. The topological polar surface area (TPSA) is 70.4 Å². The van der Waals surface area contributed by atoms with Gasteiger partial charge in [-0.3, -0.25) is 4.79 Å². The van der Waals surface area contributed by atoms with Gasteiger partial charge in [-0.15, -0.1) is 0 Å². The zero-order valence-corrected chi connectivity index (χ0v) is 13.8. The first-order chi connectivity index (χ1) is 9.75. The van der Waals surface area contributed by atoms with Crippen LogP contribution < -0.4 is 16.4 Å². The van der Waals surface area contributed by atoms with E-state index in [0.29, 0.717) is 17.8 Å². The van der Waals surface area contributed by atoms with Gasteiger partial charge in [0.15, 0.2) is 0 Å². The molecule has 0 bridgehead atoms. The zero-order valence-electron chi connectivity index (χ0n) is 13.8. The molecule has 5 heteroatoms. The van der Waals surface area contributed by atoms with Crippen molar-refractivity contribution in [3.05, 3.63) is 23.8 Å². The van der Waals surface area contributed by atoms with E-state index in [9.17, 15) is 4.79 Å². The molecule has 118 valence electrons. The summed E-state index contributed by atoms with van der Waals surface area (Å²) in [4.78, 5) is 14.0. The summed E-state index contributed by atoms with van der Waals surface area (Å²) in [6, 6.07) is 5.33. The molecule has 0 radical (unpaired) electrons. The fraction of sp³-hybridized carbons (Fsp3) is 0.562. The van der Waals surface area contributed by atoms with Gasteiger partial charge in [0.1, 0.15) is 0 Å².